The molecule has 7 rings (SSSR count). The summed E-state index contributed by atoms with van der Waals surface area (Å²) >= 11 is 0. The van der Waals surface area contributed by atoms with Crippen molar-refractivity contribution in [3.05, 3.63) is 194 Å². The molecule has 0 amide bonds. The Morgan fingerprint density at radius 1 is 0.409 bits per heavy atom. The van der Waals surface area contributed by atoms with E-state index in [1.165, 1.54) is 0 Å². The van der Waals surface area contributed by atoms with Crippen molar-refractivity contribution >= 4 is 44.7 Å². The van der Waals surface area contributed by atoms with E-state index in [-0.39, 0.29) is 12.3 Å². The van der Waals surface area contributed by atoms with E-state index >= 15 is 35.1 Å². The van der Waals surface area contributed by atoms with Gasteiger partial charge in [0.1, 0.15) is 58.8 Å². The number of benzene rings is 6. The lowest BCUT2D eigenvalue weighted by Crippen LogP contribution is -2.81. The molecule has 3 nitrogen and oxygen atoms in total. The number of ketones is 1. The average molecular weight is 952 g/mol. The van der Waals surface area contributed by atoms with Crippen molar-refractivity contribution in [3.8, 4) is 6.07 Å². The highest BCUT2D eigenvalue weighted by atomic mass is 19.2. The monoisotopic (exact) mass is 952 g/mol. The normalized spacial score (nSPS) is 11.4. The van der Waals surface area contributed by atoms with E-state index in [9.17, 15) is 57.5 Å². The number of halogens is 20. The minimum atomic E-state index is -7.22. The summed E-state index contributed by atoms with van der Waals surface area (Å²) in [6.45, 7) is 0.260. The fourth-order valence-electron chi connectivity index (χ4n) is 7.27. The molecule has 0 aliphatic rings. The number of rotatable bonds is 7. The Balaban J connectivity index is 0.000000284. The van der Waals surface area contributed by atoms with Crippen LogP contribution >= 0.6 is 0 Å². The van der Waals surface area contributed by atoms with Gasteiger partial charge in [-0.25, -0.2) is 87.8 Å². The molecule has 0 saturated heterocycles. The number of carbonyl (C=O) groups excluding carboxylic acids is 1. The molecule has 0 N–H and O–H groups in total. The van der Waals surface area contributed by atoms with E-state index in [1.54, 1.807) is 12.3 Å². The van der Waals surface area contributed by atoms with Gasteiger partial charge in [0.05, 0.1) is 10.9 Å². The van der Waals surface area contributed by atoms with E-state index in [2.05, 4.69) is 6.07 Å². The summed E-state index contributed by atoms with van der Waals surface area (Å²) in [6.07, 6.45) is -5.42. The molecule has 1 aromatic heterocycles. The maximum Gasteiger partial charge on any atom is 0.227 e. The number of fused-ring (bicyclic) bond motifs is 1. The molecule has 1 heterocycles. The maximum atomic E-state index is 15.4. The van der Waals surface area contributed by atoms with E-state index in [0.29, 0.717) is 11.1 Å². The molecule has 7 aromatic rings. The highest BCUT2D eigenvalue weighted by molar-refractivity contribution is 7.20. The SMILES string of the molecule is Fc1c(F)c(F)c([B-](c2c(F)c(F)c(F)c(F)c2F)(c2c(F)c(F)c(F)c(F)c2F)c2c(F)c(F)c(F)c(F)c2F)c(F)c1F.N#Cc1cc[n+](CC(=O)c2ccccc2)c2ccccc12. The molecule has 0 bridgehead atoms. The zero-order valence-electron chi connectivity index (χ0n) is 31.5. The van der Waals surface area contributed by atoms with Crippen molar-refractivity contribution in [2.75, 3.05) is 0 Å². The molecule has 0 fully saturated rings. The number of carbonyl (C=O) groups is 1. The van der Waals surface area contributed by atoms with Crippen molar-refractivity contribution < 1.29 is 97.2 Å². The minimum absolute atomic E-state index is 0.0514. The summed E-state index contributed by atoms with van der Waals surface area (Å²) in [4.78, 5) is 12.3. The van der Waals surface area contributed by atoms with E-state index in [1.807, 2.05) is 59.2 Å². The Morgan fingerprint density at radius 3 is 1.02 bits per heavy atom. The molecule has 0 radical (unpaired) electrons. The van der Waals surface area contributed by atoms with Gasteiger partial charge in [0.25, 0.3) is 0 Å². The van der Waals surface area contributed by atoms with Gasteiger partial charge in [-0.15, -0.1) is 21.9 Å². The van der Waals surface area contributed by atoms with Crippen molar-refractivity contribution in [1.29, 1.82) is 5.26 Å². The lowest BCUT2D eigenvalue weighted by molar-refractivity contribution is -0.657. The number of hydrogen-bond donors (Lipinski definition) is 0. The fourth-order valence-corrected chi connectivity index (χ4v) is 7.27. The second kappa shape index (κ2) is 17.8. The topological polar surface area (TPSA) is 44.7 Å². The first-order valence-electron chi connectivity index (χ1n) is 17.6. The fraction of sp³-hybridized carbons (Fsp3) is 0.0238. The largest absolute Gasteiger partial charge is 0.287 e. The van der Waals surface area contributed by atoms with Crippen LogP contribution in [0, 0.1) is 128 Å². The van der Waals surface area contributed by atoms with Crippen LogP contribution in [0.4, 0.5) is 87.8 Å². The Bertz CT molecular complexity index is 2830. The molecule has 66 heavy (non-hydrogen) atoms. The van der Waals surface area contributed by atoms with Crippen LogP contribution in [-0.4, -0.2) is 11.9 Å². The number of pyridine rings is 1. The Kier molecular flexibility index (Phi) is 13.0. The highest BCUT2D eigenvalue weighted by Crippen LogP contribution is 2.31. The Labute approximate surface area is 353 Å². The zero-order valence-corrected chi connectivity index (χ0v) is 31.5. The van der Waals surface area contributed by atoms with Gasteiger partial charge >= 0.3 is 0 Å². The second-order valence-electron chi connectivity index (χ2n) is 13.6. The molecular weight excluding hydrogens is 939 g/mol. The summed E-state index contributed by atoms with van der Waals surface area (Å²) in [5.41, 5.74) is -12.1. The third kappa shape index (κ3) is 7.31. The van der Waals surface area contributed by atoms with Gasteiger partial charge in [-0.1, -0.05) is 42.5 Å². The first kappa shape index (κ1) is 48.0. The smallest absolute Gasteiger partial charge is 0.227 e. The van der Waals surface area contributed by atoms with Crippen LogP contribution in [0.3, 0.4) is 0 Å². The molecule has 24 heteroatoms. The van der Waals surface area contributed by atoms with Crippen molar-refractivity contribution in [3.63, 3.8) is 0 Å². The van der Waals surface area contributed by atoms with E-state index in [0.717, 1.165) is 10.9 Å². The standard InChI is InChI=1S/C24BF20.C18H13N2O/c26-5-1(6(27)14(35)21(42)13(5)34)25(2-7(28)15(36)22(43)16(37)8(2)29,3-9(30)17(38)23(44)18(39)10(3)31)4-11(32)19(40)24(45)20(41)12(4)33;19-12-15-10-11-20(17-9-5-4-8-16(15)17)13-18(21)14-6-2-1-3-7-14/h;1-11H,13H2/q-1;+1. The van der Waals surface area contributed by atoms with Gasteiger partial charge in [0.15, 0.2) is 76.0 Å². The summed E-state index contributed by atoms with van der Waals surface area (Å²) in [6, 6.07) is 20.8. The number of aromatic nitrogens is 1. The minimum Gasteiger partial charge on any atom is -0.287 e. The molecule has 340 valence electrons. The van der Waals surface area contributed by atoms with Crippen molar-refractivity contribution in [2.24, 2.45) is 0 Å². The summed E-state index contributed by atoms with van der Waals surface area (Å²) in [5.74, 6) is -71.4. The van der Waals surface area contributed by atoms with Gasteiger partial charge in [-0.3, -0.25) is 4.79 Å². The van der Waals surface area contributed by atoms with Gasteiger partial charge in [0, 0.05) is 17.7 Å². The lowest BCUT2D eigenvalue weighted by Gasteiger charge is -2.44. The van der Waals surface area contributed by atoms with Crippen LogP contribution in [0.25, 0.3) is 10.9 Å². The third-order valence-electron chi connectivity index (χ3n) is 10.2. The lowest BCUT2D eigenvalue weighted by atomic mass is 9.12. The van der Waals surface area contributed by atoms with Crippen LogP contribution in [0.15, 0.2) is 66.9 Å². The number of nitrogens with zero attached hydrogens (tertiary/aromatic N) is 2. The molecule has 6 aromatic carbocycles. The van der Waals surface area contributed by atoms with Crippen LogP contribution in [0.2, 0.25) is 0 Å². The first-order valence-corrected chi connectivity index (χ1v) is 17.6. The molecular formula is C42H13BF20N2O. The first-order chi connectivity index (χ1) is 31.0. The highest BCUT2D eigenvalue weighted by Gasteiger charge is 2.52. The number of nitriles is 1. The quantitative estimate of drug-likeness (QED) is 0.0401. The molecule has 0 aliphatic heterocycles. The predicted octanol–water partition coefficient (Wildman–Crippen LogP) is 8.73. The van der Waals surface area contributed by atoms with Crippen molar-refractivity contribution in [2.45, 2.75) is 6.54 Å². The van der Waals surface area contributed by atoms with E-state index < -0.39 is 144 Å². The van der Waals surface area contributed by atoms with Crippen LogP contribution in [-0.2, 0) is 6.54 Å². The number of Topliss-reactive ketones (excluding diaryl/α,β-unsaturated/α-hetero) is 1. The summed E-state index contributed by atoms with van der Waals surface area (Å²) in [7, 11) is 0. The molecule has 0 atom stereocenters. The van der Waals surface area contributed by atoms with Crippen LogP contribution in [0.1, 0.15) is 15.9 Å². The van der Waals surface area contributed by atoms with E-state index in [4.69, 9.17) is 5.26 Å². The number of hydrogen-bond acceptors (Lipinski definition) is 2. The van der Waals surface area contributed by atoms with Crippen LogP contribution < -0.4 is 26.4 Å². The number of para-hydroxylation sites is 1. The Hall–Kier alpha value is -7.45. The maximum absolute atomic E-state index is 15.4. The summed E-state index contributed by atoms with van der Waals surface area (Å²) in [5, 5.41) is 10.0. The second-order valence-corrected chi connectivity index (χ2v) is 13.6. The van der Waals surface area contributed by atoms with Gasteiger partial charge < -0.3 is 0 Å². The molecule has 0 saturated carbocycles. The molecule has 0 spiro atoms. The molecule has 0 aliphatic carbocycles. The third-order valence-corrected chi connectivity index (χ3v) is 10.2. The average Bonchev–Trinajstić information content (AvgIpc) is 3.32. The van der Waals surface area contributed by atoms with Crippen molar-refractivity contribution in [1.82, 2.24) is 0 Å². The van der Waals surface area contributed by atoms with Gasteiger partial charge in [-0.05, 0) is 6.07 Å². The predicted molar refractivity (Wildman–Crippen MR) is 189 cm³/mol. The summed E-state index contributed by atoms with van der Waals surface area (Å²) < 4.78 is 296. The van der Waals surface area contributed by atoms with Gasteiger partial charge in [0.2, 0.25) is 17.8 Å². The zero-order chi connectivity index (χ0) is 49.0. The Morgan fingerprint density at radius 2 is 0.697 bits per heavy atom. The van der Waals surface area contributed by atoms with Gasteiger partial charge in [-0.2, -0.15) is 9.83 Å². The molecule has 0 unspecified atom stereocenters. The van der Waals surface area contributed by atoms with Crippen LogP contribution in [0.5, 0.6) is 0 Å².